The first-order valence-electron chi connectivity index (χ1n) is 4.59. The van der Waals surface area contributed by atoms with Crippen molar-refractivity contribution in [2.75, 3.05) is 6.54 Å². The maximum atomic E-state index is 11.8. The third-order valence-electron chi connectivity index (χ3n) is 2.06. The number of alkyl halides is 2. The quantitative estimate of drug-likeness (QED) is 0.517. The van der Waals surface area contributed by atoms with Gasteiger partial charge in [0.05, 0.1) is 12.1 Å². The van der Waals surface area contributed by atoms with E-state index in [9.17, 15) is 13.6 Å². The minimum Gasteiger partial charge on any atom is -0.401 e. The Morgan fingerprint density at radius 1 is 1.47 bits per heavy atom. The van der Waals surface area contributed by atoms with Gasteiger partial charge in [0.1, 0.15) is 0 Å². The van der Waals surface area contributed by atoms with E-state index in [1.165, 1.54) is 0 Å². The number of rotatable bonds is 5. The zero-order valence-electron chi connectivity index (χ0n) is 8.12. The van der Waals surface area contributed by atoms with Crippen LogP contribution in [-0.4, -0.2) is 25.1 Å². The van der Waals surface area contributed by atoms with Gasteiger partial charge < -0.3 is 11.5 Å². The predicted molar refractivity (Wildman–Crippen MR) is 52.5 cm³/mol. The molecule has 4 nitrogen and oxygen atoms in total. The molecule has 1 saturated carbocycles. The number of allylic oxidation sites excluding steroid dienone is 1. The number of halogens is 2. The van der Waals surface area contributed by atoms with Gasteiger partial charge in [0.25, 0.3) is 12.3 Å². The summed E-state index contributed by atoms with van der Waals surface area (Å²) in [4.78, 5) is 14.4. The molecule has 1 aliphatic carbocycles. The molecule has 0 aromatic carbocycles. The molecule has 6 heteroatoms. The molecule has 4 N–H and O–H groups in total. The standard InChI is InChI=1S/C9H13F2N3O/c10-7(11)4-14-3-6(9(13)15)8(12)5-1-2-5/h3,5,7H,1-2,4,12H2,(H2,13,15)/b8-6+,14-3?. The molecule has 1 aliphatic rings. The maximum absolute atomic E-state index is 11.8. The Hall–Kier alpha value is -1.46. The van der Waals surface area contributed by atoms with Gasteiger partial charge in [-0.1, -0.05) is 0 Å². The summed E-state index contributed by atoms with van der Waals surface area (Å²) in [6.07, 6.45) is 0.330. The minimum absolute atomic E-state index is 0.0538. The van der Waals surface area contributed by atoms with Crippen molar-refractivity contribution in [3.05, 3.63) is 11.3 Å². The summed E-state index contributed by atoms with van der Waals surface area (Å²) < 4.78 is 23.6. The van der Waals surface area contributed by atoms with Crippen molar-refractivity contribution in [1.82, 2.24) is 0 Å². The molecule has 0 radical (unpaired) electrons. The first-order valence-corrected chi connectivity index (χ1v) is 4.59. The number of carbonyl (C=O) groups is 1. The lowest BCUT2D eigenvalue weighted by molar-refractivity contribution is -0.114. The average molecular weight is 217 g/mol. The van der Waals surface area contributed by atoms with Gasteiger partial charge in [-0.25, -0.2) is 8.78 Å². The number of nitrogens with zero attached hydrogens (tertiary/aromatic N) is 1. The number of carbonyl (C=O) groups excluding carboxylic acids is 1. The maximum Gasteiger partial charge on any atom is 0.257 e. The fraction of sp³-hybridized carbons (Fsp3) is 0.556. The molecule has 0 spiro atoms. The normalized spacial score (nSPS) is 18.3. The summed E-state index contributed by atoms with van der Waals surface area (Å²) >= 11 is 0. The molecule has 0 atom stereocenters. The zero-order chi connectivity index (χ0) is 11.4. The molecule has 84 valence electrons. The molecular formula is C9H13F2N3O. The van der Waals surface area contributed by atoms with Crippen LogP contribution in [-0.2, 0) is 4.79 Å². The smallest absolute Gasteiger partial charge is 0.257 e. The van der Waals surface area contributed by atoms with Crippen LogP contribution in [0.1, 0.15) is 12.8 Å². The monoisotopic (exact) mass is 217 g/mol. The molecule has 0 bridgehead atoms. The highest BCUT2D eigenvalue weighted by Gasteiger charge is 2.27. The Labute approximate surface area is 86.0 Å². The van der Waals surface area contributed by atoms with Gasteiger partial charge in [-0.2, -0.15) is 0 Å². The molecule has 0 aromatic rings. The second-order valence-corrected chi connectivity index (χ2v) is 3.39. The fourth-order valence-electron chi connectivity index (χ4n) is 1.12. The Morgan fingerprint density at radius 2 is 2.07 bits per heavy atom. The van der Waals surface area contributed by atoms with Gasteiger partial charge in [0.15, 0.2) is 0 Å². The summed E-state index contributed by atoms with van der Waals surface area (Å²) in [6, 6.07) is 0. The van der Waals surface area contributed by atoms with Crippen molar-refractivity contribution in [2.45, 2.75) is 19.3 Å². The fourth-order valence-corrected chi connectivity index (χ4v) is 1.12. The van der Waals surface area contributed by atoms with Crippen molar-refractivity contribution in [1.29, 1.82) is 0 Å². The number of hydrogen-bond acceptors (Lipinski definition) is 3. The molecule has 1 amide bonds. The van der Waals surface area contributed by atoms with Crippen molar-refractivity contribution in [3.63, 3.8) is 0 Å². The molecule has 1 rings (SSSR count). The number of hydrogen-bond donors (Lipinski definition) is 2. The van der Waals surface area contributed by atoms with Gasteiger partial charge in [-0.15, -0.1) is 0 Å². The topological polar surface area (TPSA) is 81.5 Å². The number of primary amides is 1. The average Bonchev–Trinajstić information content (AvgIpc) is 2.93. The number of nitrogens with two attached hydrogens (primary N) is 2. The molecule has 0 unspecified atom stereocenters. The van der Waals surface area contributed by atoms with E-state index in [0.29, 0.717) is 5.70 Å². The zero-order valence-corrected chi connectivity index (χ0v) is 8.12. The minimum atomic E-state index is -2.53. The molecule has 0 aromatic heterocycles. The Bertz CT molecular complexity index is 308. The largest absolute Gasteiger partial charge is 0.401 e. The van der Waals surface area contributed by atoms with E-state index in [2.05, 4.69) is 4.99 Å². The summed E-state index contributed by atoms with van der Waals surface area (Å²) in [6.45, 7) is -0.644. The highest BCUT2D eigenvalue weighted by Crippen LogP contribution is 2.34. The molecule has 1 fully saturated rings. The Morgan fingerprint density at radius 3 is 2.47 bits per heavy atom. The lowest BCUT2D eigenvalue weighted by Crippen LogP contribution is -2.21. The number of aliphatic imine (C=N–C) groups is 1. The van der Waals surface area contributed by atoms with E-state index in [0.717, 1.165) is 19.1 Å². The van der Waals surface area contributed by atoms with E-state index in [4.69, 9.17) is 11.5 Å². The van der Waals surface area contributed by atoms with Crippen LogP contribution in [0.4, 0.5) is 8.78 Å². The van der Waals surface area contributed by atoms with Crippen LogP contribution < -0.4 is 11.5 Å². The van der Waals surface area contributed by atoms with Crippen molar-refractivity contribution in [3.8, 4) is 0 Å². The second-order valence-electron chi connectivity index (χ2n) is 3.39. The van der Waals surface area contributed by atoms with Crippen LogP contribution in [0, 0.1) is 5.92 Å². The highest BCUT2D eigenvalue weighted by atomic mass is 19.3. The van der Waals surface area contributed by atoms with Gasteiger partial charge in [-0.3, -0.25) is 9.79 Å². The summed E-state index contributed by atoms with van der Waals surface area (Å²) in [5.74, 6) is -0.567. The van der Waals surface area contributed by atoms with E-state index < -0.39 is 18.9 Å². The van der Waals surface area contributed by atoms with Gasteiger partial charge in [0, 0.05) is 11.9 Å². The van der Waals surface area contributed by atoms with Crippen LogP contribution in [0.3, 0.4) is 0 Å². The first-order chi connectivity index (χ1) is 7.02. The van der Waals surface area contributed by atoms with Gasteiger partial charge >= 0.3 is 0 Å². The van der Waals surface area contributed by atoms with E-state index in [1.54, 1.807) is 0 Å². The predicted octanol–water partition coefficient (Wildman–Crippen LogP) is 0.430. The van der Waals surface area contributed by atoms with Crippen molar-refractivity contribution >= 4 is 12.1 Å². The third-order valence-corrected chi connectivity index (χ3v) is 2.06. The third kappa shape index (κ3) is 3.65. The Balaban J connectivity index is 2.70. The van der Waals surface area contributed by atoms with Crippen LogP contribution >= 0.6 is 0 Å². The van der Waals surface area contributed by atoms with Crippen molar-refractivity contribution < 1.29 is 13.6 Å². The summed E-state index contributed by atoms with van der Waals surface area (Å²) in [5.41, 5.74) is 11.1. The highest BCUT2D eigenvalue weighted by molar-refractivity contribution is 6.12. The van der Waals surface area contributed by atoms with Crippen LogP contribution in [0.2, 0.25) is 0 Å². The van der Waals surface area contributed by atoms with Gasteiger partial charge in [0.2, 0.25) is 0 Å². The molecule has 15 heavy (non-hydrogen) atoms. The van der Waals surface area contributed by atoms with Crippen LogP contribution in [0.15, 0.2) is 16.3 Å². The lowest BCUT2D eigenvalue weighted by Gasteiger charge is -2.02. The van der Waals surface area contributed by atoms with E-state index in [-0.39, 0.29) is 11.5 Å². The lowest BCUT2D eigenvalue weighted by atomic mass is 10.1. The second kappa shape index (κ2) is 4.86. The van der Waals surface area contributed by atoms with E-state index >= 15 is 0 Å². The molecule has 0 saturated heterocycles. The molecule has 0 heterocycles. The molecular weight excluding hydrogens is 204 g/mol. The summed E-state index contributed by atoms with van der Waals surface area (Å²) in [7, 11) is 0. The van der Waals surface area contributed by atoms with Crippen molar-refractivity contribution in [2.24, 2.45) is 22.4 Å². The van der Waals surface area contributed by atoms with E-state index in [1.807, 2.05) is 0 Å². The molecule has 0 aliphatic heterocycles. The SMILES string of the molecule is NC(=O)/C(C=NCC(F)F)=C(/N)C1CC1. The van der Waals surface area contributed by atoms with Crippen LogP contribution in [0.5, 0.6) is 0 Å². The van der Waals surface area contributed by atoms with Gasteiger partial charge in [-0.05, 0) is 18.8 Å². The first kappa shape index (κ1) is 11.6. The Kier molecular flexibility index (Phi) is 3.76. The number of amides is 1. The summed E-state index contributed by atoms with van der Waals surface area (Å²) in [5, 5.41) is 0. The van der Waals surface area contributed by atoms with Crippen LogP contribution in [0.25, 0.3) is 0 Å².